The maximum atomic E-state index is 13.3. The molecule has 1 rings (SSSR count). The van der Waals surface area contributed by atoms with Gasteiger partial charge in [0.25, 0.3) is 5.91 Å². The molecule has 12 nitrogen and oxygen atoms in total. The van der Waals surface area contributed by atoms with E-state index in [9.17, 15) is 24.0 Å². The number of rotatable bonds is 16. The van der Waals surface area contributed by atoms with E-state index < -0.39 is 66.5 Å². The predicted octanol–water partition coefficient (Wildman–Crippen LogP) is 2.12. The zero-order valence-corrected chi connectivity index (χ0v) is 22.9. The third-order valence-electron chi connectivity index (χ3n) is 5.56. The highest BCUT2D eigenvalue weighted by molar-refractivity contribution is 5.83. The Bertz CT molecular complexity index is 815. The van der Waals surface area contributed by atoms with Crippen LogP contribution in [-0.2, 0) is 52.4 Å². The second-order valence-electron chi connectivity index (χ2n) is 8.95. The van der Waals surface area contributed by atoms with Gasteiger partial charge >= 0.3 is 23.9 Å². The van der Waals surface area contributed by atoms with Crippen LogP contribution in [0.1, 0.15) is 73.1 Å². The number of hydrogen-bond donors (Lipinski definition) is 1. The van der Waals surface area contributed by atoms with Gasteiger partial charge in [-0.05, 0) is 12.8 Å². The zero-order chi connectivity index (χ0) is 28.7. The molecule has 1 N–H and O–H groups in total. The third kappa shape index (κ3) is 12.0. The van der Waals surface area contributed by atoms with Gasteiger partial charge in [-0.3, -0.25) is 24.0 Å². The van der Waals surface area contributed by atoms with E-state index in [2.05, 4.69) is 18.8 Å². The Labute approximate surface area is 223 Å². The fourth-order valence-electron chi connectivity index (χ4n) is 4.00. The number of hydrogen-bond acceptors (Lipinski definition) is 11. The Morgan fingerprint density at radius 1 is 0.895 bits per heavy atom. The lowest BCUT2D eigenvalue weighted by atomic mass is 9.95. The minimum Gasteiger partial charge on any atom is -0.463 e. The van der Waals surface area contributed by atoms with Crippen LogP contribution in [0.2, 0.25) is 0 Å². The van der Waals surface area contributed by atoms with E-state index >= 15 is 0 Å². The van der Waals surface area contributed by atoms with Crippen molar-refractivity contribution in [3.63, 3.8) is 0 Å². The molecule has 1 heterocycles. The van der Waals surface area contributed by atoms with E-state index in [0.29, 0.717) is 6.42 Å². The second kappa shape index (κ2) is 17.5. The average Bonchev–Trinajstić information content (AvgIpc) is 2.82. The van der Waals surface area contributed by atoms with Crippen molar-refractivity contribution < 1.29 is 52.4 Å². The SMILES string of the molecule is C=CCO[C@@H]1O[C@H](COC(C)=O)[C@@H](OC(C)=O)[C@H](OC(C)=O)[C@H]1NC(=O)C(CCCCCCC)OC(C)=O. The molecule has 1 amide bonds. The van der Waals surface area contributed by atoms with E-state index in [1.807, 2.05) is 0 Å². The lowest BCUT2D eigenvalue weighted by Gasteiger charge is -2.45. The molecule has 0 aliphatic carbocycles. The number of nitrogens with one attached hydrogen (secondary N) is 1. The topological polar surface area (TPSA) is 153 Å². The molecule has 1 aliphatic rings. The highest BCUT2D eigenvalue weighted by Gasteiger charge is 2.51. The first kappa shape index (κ1) is 33.0. The fraction of sp³-hybridized carbons (Fsp3) is 0.731. The summed E-state index contributed by atoms with van der Waals surface area (Å²) in [5, 5.41) is 2.70. The monoisotopic (exact) mass is 543 g/mol. The molecular weight excluding hydrogens is 502 g/mol. The van der Waals surface area contributed by atoms with Gasteiger partial charge in [-0.2, -0.15) is 0 Å². The van der Waals surface area contributed by atoms with Crippen LogP contribution < -0.4 is 5.32 Å². The van der Waals surface area contributed by atoms with E-state index in [1.54, 1.807) is 0 Å². The largest absolute Gasteiger partial charge is 0.463 e. The number of amides is 1. The number of carbonyl (C=O) groups excluding carboxylic acids is 5. The van der Waals surface area contributed by atoms with Crippen molar-refractivity contribution in [3.8, 4) is 0 Å². The van der Waals surface area contributed by atoms with Crippen LogP contribution in [0, 0.1) is 0 Å². The van der Waals surface area contributed by atoms with Crippen molar-refractivity contribution in [2.24, 2.45) is 0 Å². The zero-order valence-electron chi connectivity index (χ0n) is 22.9. The minimum atomic E-state index is -1.29. The molecule has 38 heavy (non-hydrogen) atoms. The predicted molar refractivity (Wildman–Crippen MR) is 133 cm³/mol. The van der Waals surface area contributed by atoms with Crippen LogP contribution in [-0.4, -0.2) is 79.7 Å². The Balaban J connectivity index is 3.29. The van der Waals surface area contributed by atoms with Crippen molar-refractivity contribution in [1.82, 2.24) is 5.32 Å². The minimum absolute atomic E-state index is 0.00680. The molecule has 1 saturated heterocycles. The molecule has 0 spiro atoms. The van der Waals surface area contributed by atoms with Crippen LogP contribution >= 0.6 is 0 Å². The fourth-order valence-corrected chi connectivity index (χ4v) is 4.00. The van der Waals surface area contributed by atoms with Gasteiger partial charge in [-0.25, -0.2) is 0 Å². The first-order valence-corrected chi connectivity index (χ1v) is 12.8. The van der Waals surface area contributed by atoms with Crippen LogP contribution in [0.5, 0.6) is 0 Å². The van der Waals surface area contributed by atoms with Crippen molar-refractivity contribution in [2.75, 3.05) is 13.2 Å². The molecule has 12 heteroatoms. The summed E-state index contributed by atoms with van der Waals surface area (Å²) >= 11 is 0. The molecule has 1 fully saturated rings. The average molecular weight is 544 g/mol. The van der Waals surface area contributed by atoms with Crippen molar-refractivity contribution in [1.29, 1.82) is 0 Å². The van der Waals surface area contributed by atoms with E-state index in [0.717, 1.165) is 39.5 Å². The summed E-state index contributed by atoms with van der Waals surface area (Å²) in [6, 6.07) is -1.18. The Morgan fingerprint density at radius 3 is 2.08 bits per heavy atom. The van der Waals surface area contributed by atoms with Crippen LogP contribution in [0.3, 0.4) is 0 Å². The smallest absolute Gasteiger partial charge is 0.303 e. The molecule has 0 radical (unpaired) electrons. The molecule has 0 aromatic carbocycles. The summed E-state index contributed by atoms with van der Waals surface area (Å²) in [7, 11) is 0. The quantitative estimate of drug-likeness (QED) is 0.132. The first-order chi connectivity index (χ1) is 18.0. The standard InChI is InChI=1S/C26H41NO11/c1-7-9-10-11-12-13-20(35-17(4)29)25(32)27-22-24(37-19(6)31)23(36-18(5)30)21(15-34-16(3)28)38-26(22)33-14-8-2/h8,20-24,26H,2,7,9-15H2,1,3-6H3,(H,27,32)/t20?,21-,22-,23-,24-,26-/m1/s1. The molecule has 216 valence electrons. The summed E-state index contributed by atoms with van der Waals surface area (Å²) in [6.45, 7) is 10.0. The van der Waals surface area contributed by atoms with Crippen molar-refractivity contribution in [2.45, 2.75) is 110 Å². The molecule has 0 aromatic rings. The summed E-state index contributed by atoms with van der Waals surface area (Å²) < 4.78 is 32.8. The first-order valence-electron chi connectivity index (χ1n) is 12.8. The molecule has 0 aromatic heterocycles. The van der Waals surface area contributed by atoms with Crippen LogP contribution in [0.15, 0.2) is 12.7 Å². The summed E-state index contributed by atoms with van der Waals surface area (Å²) in [6.07, 6.45) is 0.368. The summed E-state index contributed by atoms with van der Waals surface area (Å²) in [5.41, 5.74) is 0. The molecule has 0 bridgehead atoms. The van der Waals surface area contributed by atoms with Crippen molar-refractivity contribution in [3.05, 3.63) is 12.7 Å². The second-order valence-corrected chi connectivity index (χ2v) is 8.95. The Kier molecular flexibility index (Phi) is 15.2. The number of ether oxygens (including phenoxy) is 6. The summed E-state index contributed by atoms with van der Waals surface area (Å²) in [5.74, 6) is -3.35. The molecule has 6 atom stereocenters. The normalized spacial score (nSPS) is 23.4. The highest BCUT2D eigenvalue weighted by Crippen LogP contribution is 2.28. The van der Waals surface area contributed by atoms with Crippen molar-refractivity contribution >= 4 is 29.8 Å². The molecule has 1 aliphatic heterocycles. The van der Waals surface area contributed by atoms with Gasteiger partial charge in [0.05, 0.1) is 6.61 Å². The van der Waals surface area contributed by atoms with E-state index in [1.165, 1.54) is 19.9 Å². The van der Waals surface area contributed by atoms with Gasteiger partial charge in [0.1, 0.15) is 18.8 Å². The maximum absolute atomic E-state index is 13.3. The maximum Gasteiger partial charge on any atom is 0.303 e. The number of unbranched alkanes of at least 4 members (excludes halogenated alkanes) is 4. The van der Waals surface area contributed by atoms with Gasteiger partial charge < -0.3 is 33.7 Å². The summed E-state index contributed by atoms with van der Waals surface area (Å²) in [4.78, 5) is 60.4. The van der Waals surface area contributed by atoms with Gasteiger partial charge in [0, 0.05) is 27.7 Å². The van der Waals surface area contributed by atoms with Gasteiger partial charge in [0.2, 0.25) is 0 Å². The number of carbonyl (C=O) groups is 5. The van der Waals surface area contributed by atoms with Gasteiger partial charge in [0.15, 0.2) is 24.6 Å². The van der Waals surface area contributed by atoms with E-state index in [-0.39, 0.29) is 19.6 Å². The van der Waals surface area contributed by atoms with E-state index in [4.69, 9.17) is 28.4 Å². The lowest BCUT2D eigenvalue weighted by Crippen LogP contribution is -2.67. The van der Waals surface area contributed by atoms with Gasteiger partial charge in [-0.15, -0.1) is 6.58 Å². The molecule has 1 unspecified atom stereocenters. The van der Waals surface area contributed by atoms with Crippen LogP contribution in [0.25, 0.3) is 0 Å². The highest BCUT2D eigenvalue weighted by atomic mass is 16.7. The Morgan fingerprint density at radius 2 is 1.53 bits per heavy atom. The Hall–Kier alpha value is -2.99. The molecule has 0 saturated carbocycles. The van der Waals surface area contributed by atoms with Gasteiger partial charge in [-0.1, -0.05) is 38.7 Å². The lowest BCUT2D eigenvalue weighted by molar-refractivity contribution is -0.275. The van der Waals surface area contributed by atoms with Crippen LogP contribution in [0.4, 0.5) is 0 Å². The number of esters is 4. The molecular formula is C26H41NO11. The third-order valence-corrected chi connectivity index (χ3v) is 5.56.